The van der Waals surface area contributed by atoms with E-state index in [1.165, 1.54) is 25.9 Å². The molecule has 1 fully saturated rings. The van der Waals surface area contributed by atoms with Gasteiger partial charge in [-0.25, -0.2) is 0 Å². The number of quaternary nitrogens is 1. The SMILES string of the molecule is CC(=O)c1ccccc1OCCOCC[NH+]1CCC[C@@H](C)C1. The third-order valence-corrected chi connectivity index (χ3v) is 4.22. The number of carbonyl (C=O) groups is 1. The maximum Gasteiger partial charge on any atom is 0.163 e. The van der Waals surface area contributed by atoms with Crippen molar-refractivity contribution in [2.45, 2.75) is 26.7 Å². The molecule has 0 amide bonds. The molecule has 1 N–H and O–H groups in total. The summed E-state index contributed by atoms with van der Waals surface area (Å²) in [7, 11) is 0. The second kappa shape index (κ2) is 8.91. The third kappa shape index (κ3) is 5.43. The summed E-state index contributed by atoms with van der Waals surface area (Å²) in [4.78, 5) is 13.1. The summed E-state index contributed by atoms with van der Waals surface area (Å²) in [5.74, 6) is 1.52. The number of rotatable bonds is 8. The van der Waals surface area contributed by atoms with Gasteiger partial charge in [0.1, 0.15) is 18.9 Å². The van der Waals surface area contributed by atoms with Crippen molar-refractivity contribution in [3.05, 3.63) is 29.8 Å². The topological polar surface area (TPSA) is 40.0 Å². The number of benzene rings is 1. The summed E-state index contributed by atoms with van der Waals surface area (Å²) in [6.45, 7) is 9.34. The minimum atomic E-state index is 0.0272. The minimum absolute atomic E-state index is 0.0272. The van der Waals surface area contributed by atoms with Crippen LogP contribution in [0.1, 0.15) is 37.0 Å². The van der Waals surface area contributed by atoms with Gasteiger partial charge in [-0.05, 0) is 31.9 Å². The van der Waals surface area contributed by atoms with Crippen molar-refractivity contribution < 1.29 is 19.2 Å². The van der Waals surface area contributed by atoms with Gasteiger partial charge in [-0.3, -0.25) is 4.79 Å². The van der Waals surface area contributed by atoms with Crippen LogP contribution in [0.2, 0.25) is 0 Å². The fourth-order valence-electron chi connectivity index (χ4n) is 3.04. The van der Waals surface area contributed by atoms with E-state index in [1.807, 2.05) is 18.2 Å². The average molecular weight is 306 g/mol. The zero-order chi connectivity index (χ0) is 15.8. The number of para-hydroxylation sites is 1. The molecule has 0 saturated carbocycles. The monoisotopic (exact) mass is 306 g/mol. The number of hydrogen-bond donors (Lipinski definition) is 1. The van der Waals surface area contributed by atoms with E-state index in [0.29, 0.717) is 24.5 Å². The van der Waals surface area contributed by atoms with Crippen LogP contribution in [0.25, 0.3) is 0 Å². The highest BCUT2D eigenvalue weighted by Gasteiger charge is 2.18. The van der Waals surface area contributed by atoms with Crippen molar-refractivity contribution >= 4 is 5.78 Å². The van der Waals surface area contributed by atoms with Gasteiger partial charge in [0.15, 0.2) is 5.78 Å². The first-order valence-corrected chi connectivity index (χ1v) is 8.31. The predicted molar refractivity (Wildman–Crippen MR) is 86.7 cm³/mol. The molecule has 0 bridgehead atoms. The van der Waals surface area contributed by atoms with Gasteiger partial charge in [0.25, 0.3) is 0 Å². The van der Waals surface area contributed by atoms with Crippen molar-refractivity contribution in [2.24, 2.45) is 5.92 Å². The second-order valence-electron chi connectivity index (χ2n) is 6.21. The van der Waals surface area contributed by atoms with Crippen molar-refractivity contribution in [1.29, 1.82) is 0 Å². The largest absolute Gasteiger partial charge is 0.490 e. The van der Waals surface area contributed by atoms with E-state index in [2.05, 4.69) is 6.92 Å². The Kier molecular flexibility index (Phi) is 6.87. The van der Waals surface area contributed by atoms with E-state index in [9.17, 15) is 4.79 Å². The summed E-state index contributed by atoms with van der Waals surface area (Å²) < 4.78 is 11.3. The number of nitrogens with one attached hydrogen (secondary N) is 1. The number of piperidine rings is 1. The summed E-state index contributed by atoms with van der Waals surface area (Å²) >= 11 is 0. The minimum Gasteiger partial charge on any atom is -0.490 e. The van der Waals surface area contributed by atoms with Crippen molar-refractivity contribution in [3.8, 4) is 5.75 Å². The Morgan fingerprint density at radius 3 is 2.86 bits per heavy atom. The molecule has 4 nitrogen and oxygen atoms in total. The van der Waals surface area contributed by atoms with Crippen LogP contribution >= 0.6 is 0 Å². The van der Waals surface area contributed by atoms with Crippen LogP contribution in [-0.2, 0) is 4.74 Å². The fourth-order valence-corrected chi connectivity index (χ4v) is 3.04. The van der Waals surface area contributed by atoms with E-state index >= 15 is 0 Å². The molecule has 1 unspecified atom stereocenters. The predicted octanol–water partition coefficient (Wildman–Crippen LogP) is 1.60. The van der Waals surface area contributed by atoms with Crippen LogP contribution in [-0.4, -0.2) is 45.2 Å². The second-order valence-corrected chi connectivity index (χ2v) is 6.21. The molecule has 0 radical (unpaired) electrons. The molecule has 122 valence electrons. The number of likely N-dealkylation sites (tertiary alicyclic amines) is 1. The van der Waals surface area contributed by atoms with Crippen LogP contribution < -0.4 is 9.64 Å². The maximum atomic E-state index is 11.5. The highest BCUT2D eigenvalue weighted by Crippen LogP contribution is 2.18. The summed E-state index contributed by atoms with van der Waals surface area (Å²) in [6, 6.07) is 7.35. The molecule has 2 rings (SSSR count). The van der Waals surface area contributed by atoms with Gasteiger partial charge in [-0.2, -0.15) is 0 Å². The first-order valence-electron chi connectivity index (χ1n) is 8.31. The fraction of sp³-hybridized carbons (Fsp3) is 0.611. The highest BCUT2D eigenvalue weighted by atomic mass is 16.5. The Balaban J connectivity index is 1.60. The molecule has 4 heteroatoms. The smallest absolute Gasteiger partial charge is 0.163 e. The van der Waals surface area contributed by atoms with E-state index < -0.39 is 0 Å². The first-order chi connectivity index (χ1) is 10.7. The number of ether oxygens (including phenoxy) is 2. The Morgan fingerprint density at radius 1 is 1.27 bits per heavy atom. The zero-order valence-corrected chi connectivity index (χ0v) is 13.8. The Morgan fingerprint density at radius 2 is 2.09 bits per heavy atom. The number of carbonyl (C=O) groups excluding carboxylic acids is 1. The summed E-state index contributed by atoms with van der Waals surface area (Å²) in [6.07, 6.45) is 2.70. The summed E-state index contributed by atoms with van der Waals surface area (Å²) in [5.41, 5.74) is 0.634. The lowest BCUT2D eigenvalue weighted by molar-refractivity contribution is -0.908. The van der Waals surface area contributed by atoms with Crippen LogP contribution in [0.4, 0.5) is 0 Å². The molecule has 1 saturated heterocycles. The standard InChI is InChI=1S/C18H27NO3/c1-15-6-5-9-19(14-15)10-11-21-12-13-22-18-8-4-3-7-17(18)16(2)20/h3-4,7-8,15H,5-6,9-14H2,1-2H3/p+1/t15-/m1/s1. The van der Waals surface area contributed by atoms with Crippen LogP contribution in [0, 0.1) is 5.92 Å². The molecule has 1 aliphatic heterocycles. The van der Waals surface area contributed by atoms with Crippen molar-refractivity contribution in [1.82, 2.24) is 0 Å². The van der Waals surface area contributed by atoms with Gasteiger partial charge in [0.2, 0.25) is 0 Å². The van der Waals surface area contributed by atoms with Crippen LogP contribution in [0.15, 0.2) is 24.3 Å². The first kappa shape index (κ1) is 17.0. The van der Waals surface area contributed by atoms with Crippen LogP contribution in [0.3, 0.4) is 0 Å². The number of Topliss-reactive ketones (excluding diaryl/α,β-unsaturated/α-hetero) is 1. The van der Waals surface area contributed by atoms with E-state index in [0.717, 1.165) is 19.1 Å². The average Bonchev–Trinajstić information content (AvgIpc) is 2.51. The van der Waals surface area contributed by atoms with Crippen molar-refractivity contribution in [3.63, 3.8) is 0 Å². The number of hydrogen-bond acceptors (Lipinski definition) is 3. The van der Waals surface area contributed by atoms with E-state index in [-0.39, 0.29) is 5.78 Å². The quantitative estimate of drug-likeness (QED) is 0.586. The van der Waals surface area contributed by atoms with Crippen molar-refractivity contribution in [2.75, 3.05) is 39.5 Å². The Hall–Kier alpha value is -1.39. The van der Waals surface area contributed by atoms with E-state index in [4.69, 9.17) is 9.47 Å². The maximum absolute atomic E-state index is 11.5. The van der Waals surface area contributed by atoms with E-state index in [1.54, 1.807) is 17.9 Å². The normalized spacial score (nSPS) is 21.5. The zero-order valence-electron chi connectivity index (χ0n) is 13.8. The van der Waals surface area contributed by atoms with Gasteiger partial charge < -0.3 is 14.4 Å². The van der Waals surface area contributed by atoms with Gasteiger partial charge in [0, 0.05) is 5.92 Å². The molecule has 22 heavy (non-hydrogen) atoms. The molecular weight excluding hydrogens is 278 g/mol. The molecule has 0 aromatic heterocycles. The molecule has 1 aromatic carbocycles. The molecule has 0 aliphatic carbocycles. The molecular formula is C18H28NO3+. The Bertz CT molecular complexity index is 475. The van der Waals surface area contributed by atoms with Gasteiger partial charge in [0.05, 0.1) is 31.9 Å². The lowest BCUT2D eigenvalue weighted by atomic mass is 10.0. The molecule has 1 heterocycles. The third-order valence-electron chi connectivity index (χ3n) is 4.22. The van der Waals surface area contributed by atoms with Crippen LogP contribution in [0.5, 0.6) is 5.75 Å². The van der Waals surface area contributed by atoms with Gasteiger partial charge >= 0.3 is 0 Å². The molecule has 1 aliphatic rings. The lowest BCUT2D eigenvalue weighted by Gasteiger charge is -2.27. The number of ketones is 1. The summed E-state index contributed by atoms with van der Waals surface area (Å²) in [5, 5.41) is 0. The molecule has 2 atom stereocenters. The Labute approximate surface area is 133 Å². The van der Waals surface area contributed by atoms with Gasteiger partial charge in [-0.15, -0.1) is 0 Å². The molecule has 1 aromatic rings. The highest BCUT2D eigenvalue weighted by molar-refractivity contribution is 5.96. The molecule has 0 spiro atoms. The lowest BCUT2D eigenvalue weighted by Crippen LogP contribution is -3.14. The van der Waals surface area contributed by atoms with Gasteiger partial charge in [-0.1, -0.05) is 19.1 Å².